The highest BCUT2D eigenvalue weighted by Gasteiger charge is 2.60. The van der Waals surface area contributed by atoms with Crippen LogP contribution >= 0.6 is 0 Å². The molecule has 4 aliphatic rings. The Balaban J connectivity index is 1.25. The van der Waals surface area contributed by atoms with E-state index in [2.05, 4.69) is 35.6 Å². The summed E-state index contributed by atoms with van der Waals surface area (Å²) in [5.41, 5.74) is 6.52. The van der Waals surface area contributed by atoms with Crippen molar-refractivity contribution in [3.8, 4) is 0 Å². The van der Waals surface area contributed by atoms with Crippen molar-refractivity contribution in [2.24, 2.45) is 52.1 Å². The molecule has 0 aliphatic heterocycles. The van der Waals surface area contributed by atoms with Crippen molar-refractivity contribution in [2.45, 2.75) is 117 Å². The molecule has 4 aliphatic carbocycles. The molecule has 5 N–H and O–H groups in total. The van der Waals surface area contributed by atoms with Crippen LogP contribution in [0.25, 0.3) is 0 Å². The molecule has 0 saturated heterocycles. The molecule has 7 nitrogen and oxygen atoms in total. The second kappa shape index (κ2) is 13.8. The predicted octanol–water partition coefficient (Wildman–Crippen LogP) is 5.56. The summed E-state index contributed by atoms with van der Waals surface area (Å²) in [6, 6.07) is 0.701. The van der Waals surface area contributed by atoms with Gasteiger partial charge in [0.2, 0.25) is 0 Å². The molecule has 0 aromatic heterocycles. The third kappa shape index (κ3) is 7.59. The first kappa shape index (κ1) is 31.7. The zero-order chi connectivity index (χ0) is 28.1. The van der Waals surface area contributed by atoms with Gasteiger partial charge in [0, 0.05) is 6.04 Å². The van der Waals surface area contributed by atoms with E-state index in [-0.39, 0.29) is 6.61 Å². The lowest BCUT2D eigenvalue weighted by molar-refractivity contribution is -0.118. The Bertz CT molecular complexity index is 872. The molecule has 228 valence electrons. The highest BCUT2D eigenvalue weighted by atomic mass is 32.3. The van der Waals surface area contributed by atoms with Crippen LogP contribution in [0.15, 0.2) is 0 Å². The maximum atomic E-state index is 10.9. The first-order valence-electron chi connectivity index (χ1n) is 16.3. The summed E-state index contributed by atoms with van der Waals surface area (Å²) < 4.78 is 35.2. The maximum absolute atomic E-state index is 10.9. The quantitative estimate of drug-likeness (QED) is 0.151. The Hall–Kier alpha value is -0.250. The Morgan fingerprint density at radius 1 is 0.923 bits per heavy atom. The van der Waals surface area contributed by atoms with Gasteiger partial charge in [0.05, 0.1) is 6.61 Å². The fourth-order valence-electron chi connectivity index (χ4n) is 10.2. The summed E-state index contributed by atoms with van der Waals surface area (Å²) in [4.78, 5) is 0. The summed E-state index contributed by atoms with van der Waals surface area (Å²) in [6.45, 7) is 11.8. The van der Waals surface area contributed by atoms with Crippen molar-refractivity contribution in [3.63, 3.8) is 0 Å². The predicted molar refractivity (Wildman–Crippen MR) is 159 cm³/mol. The number of rotatable bonds is 15. The normalized spacial score (nSPS) is 39.1. The molecule has 8 heteroatoms. The van der Waals surface area contributed by atoms with E-state index >= 15 is 0 Å². The van der Waals surface area contributed by atoms with E-state index in [1.54, 1.807) is 0 Å². The molecule has 4 rings (SSSR count). The van der Waals surface area contributed by atoms with E-state index in [1.807, 2.05) is 0 Å². The van der Waals surface area contributed by atoms with E-state index < -0.39 is 10.4 Å². The molecular weight excluding hydrogens is 510 g/mol. The second-order valence-corrected chi connectivity index (χ2v) is 15.4. The summed E-state index contributed by atoms with van der Waals surface area (Å²) >= 11 is 0. The summed E-state index contributed by atoms with van der Waals surface area (Å²) in [5.74, 6) is 4.79. The van der Waals surface area contributed by atoms with Crippen LogP contribution in [0, 0.1) is 46.3 Å². The van der Waals surface area contributed by atoms with Crippen molar-refractivity contribution < 1.29 is 17.2 Å². The average molecular weight is 570 g/mol. The lowest BCUT2D eigenvalue weighted by Gasteiger charge is -2.61. The number of hydrogen-bond acceptors (Lipinski definition) is 6. The van der Waals surface area contributed by atoms with Crippen LogP contribution in [-0.4, -0.2) is 51.8 Å². The maximum Gasteiger partial charge on any atom is 0.397 e. The molecule has 4 unspecified atom stereocenters. The van der Waals surface area contributed by atoms with E-state index in [4.69, 9.17) is 10.3 Å². The summed E-state index contributed by atoms with van der Waals surface area (Å²) in [6.07, 6.45) is 17.6. The van der Waals surface area contributed by atoms with Crippen LogP contribution in [0.1, 0.15) is 111 Å². The van der Waals surface area contributed by atoms with E-state index in [0.717, 1.165) is 68.6 Å². The van der Waals surface area contributed by atoms with Gasteiger partial charge in [-0.15, -0.1) is 0 Å². The molecule has 0 bridgehead atoms. The molecule has 0 spiro atoms. The van der Waals surface area contributed by atoms with Gasteiger partial charge < -0.3 is 16.4 Å². The van der Waals surface area contributed by atoms with Crippen LogP contribution in [0.4, 0.5) is 0 Å². The van der Waals surface area contributed by atoms with Crippen molar-refractivity contribution in [1.29, 1.82) is 0 Å². The van der Waals surface area contributed by atoms with Gasteiger partial charge in [-0.1, -0.05) is 20.8 Å². The Kier molecular flexibility index (Phi) is 11.2. The van der Waals surface area contributed by atoms with Gasteiger partial charge in [-0.05, 0) is 162 Å². The van der Waals surface area contributed by atoms with E-state index in [0.29, 0.717) is 29.2 Å². The minimum Gasteiger partial charge on any atom is -0.330 e. The van der Waals surface area contributed by atoms with Gasteiger partial charge in [0.15, 0.2) is 0 Å². The highest BCUT2D eigenvalue weighted by molar-refractivity contribution is 7.80. The SMILES string of the molecule is CC(CCCOS(=O)(=O)O)[C@H]1CCC2C3CC[C@H]4C[C@@H](NCCCNCCCCN)CC[C@]4(C)C3CC[C@@]21C. The molecule has 0 amide bonds. The lowest BCUT2D eigenvalue weighted by Crippen LogP contribution is -2.55. The average Bonchev–Trinajstić information content (AvgIpc) is 3.25. The zero-order valence-corrected chi connectivity index (χ0v) is 26.0. The first-order chi connectivity index (χ1) is 18.6. The van der Waals surface area contributed by atoms with Crippen LogP contribution in [0.5, 0.6) is 0 Å². The number of unbranched alkanes of at least 4 members (excludes halogenated alkanes) is 1. The minimum absolute atomic E-state index is 0.0858. The van der Waals surface area contributed by atoms with Crippen molar-refractivity contribution >= 4 is 10.4 Å². The molecular formula is C31H59N3O4S. The Morgan fingerprint density at radius 2 is 1.67 bits per heavy atom. The monoisotopic (exact) mass is 569 g/mol. The van der Waals surface area contributed by atoms with Gasteiger partial charge in [-0.2, -0.15) is 8.42 Å². The largest absolute Gasteiger partial charge is 0.397 e. The fourth-order valence-corrected chi connectivity index (χ4v) is 10.6. The second-order valence-electron chi connectivity index (χ2n) is 14.3. The third-order valence-electron chi connectivity index (χ3n) is 12.2. The van der Waals surface area contributed by atoms with Gasteiger partial charge in [0.25, 0.3) is 0 Å². The molecule has 0 radical (unpaired) electrons. The highest BCUT2D eigenvalue weighted by Crippen LogP contribution is 2.68. The summed E-state index contributed by atoms with van der Waals surface area (Å²) in [7, 11) is -4.33. The third-order valence-corrected chi connectivity index (χ3v) is 12.7. The Morgan fingerprint density at radius 3 is 2.44 bits per heavy atom. The van der Waals surface area contributed by atoms with Gasteiger partial charge in [-0.3, -0.25) is 4.55 Å². The van der Waals surface area contributed by atoms with Gasteiger partial charge >= 0.3 is 10.4 Å². The van der Waals surface area contributed by atoms with Crippen molar-refractivity contribution in [1.82, 2.24) is 10.6 Å². The van der Waals surface area contributed by atoms with Crippen molar-refractivity contribution in [2.75, 3.05) is 32.8 Å². The van der Waals surface area contributed by atoms with Crippen LogP contribution < -0.4 is 16.4 Å². The lowest BCUT2D eigenvalue weighted by atomic mass is 9.44. The van der Waals surface area contributed by atoms with Crippen molar-refractivity contribution in [3.05, 3.63) is 0 Å². The first-order valence-corrected chi connectivity index (χ1v) is 17.7. The number of fused-ring (bicyclic) bond motifs is 5. The van der Waals surface area contributed by atoms with Gasteiger partial charge in [0.1, 0.15) is 0 Å². The topological polar surface area (TPSA) is 114 Å². The zero-order valence-electron chi connectivity index (χ0n) is 25.1. The van der Waals surface area contributed by atoms with Crippen LogP contribution in [0.2, 0.25) is 0 Å². The molecule has 0 aromatic carbocycles. The molecule has 4 fully saturated rings. The molecule has 0 heterocycles. The Labute approximate surface area is 239 Å². The number of nitrogens with one attached hydrogen (secondary N) is 2. The van der Waals surface area contributed by atoms with E-state index in [9.17, 15) is 8.42 Å². The standard InChI is InChI=1S/C31H59N3O4S/c1-23(8-6-21-38-39(35,36)37)27-11-12-28-26-10-9-24-22-25(34-20-7-19-33-18-5-4-17-32)13-15-30(24,2)29(26)14-16-31(27,28)3/h23-29,33-34H,4-22,32H2,1-3H3,(H,35,36,37)/t23?,24-,25-,26?,27+,28?,29?,30-,31+/m0/s1. The van der Waals surface area contributed by atoms with Crippen LogP contribution in [0.3, 0.4) is 0 Å². The molecule has 4 saturated carbocycles. The van der Waals surface area contributed by atoms with Crippen LogP contribution in [-0.2, 0) is 14.6 Å². The van der Waals surface area contributed by atoms with E-state index in [1.165, 1.54) is 70.6 Å². The fraction of sp³-hybridized carbons (Fsp3) is 1.00. The minimum atomic E-state index is -4.33. The number of nitrogens with two attached hydrogens (primary N) is 1. The smallest absolute Gasteiger partial charge is 0.330 e. The van der Waals surface area contributed by atoms with Gasteiger partial charge in [-0.25, -0.2) is 4.18 Å². The molecule has 0 aromatic rings. The summed E-state index contributed by atoms with van der Waals surface area (Å²) in [5, 5.41) is 7.48. The number of hydrogen-bond donors (Lipinski definition) is 4. The molecule has 9 atom stereocenters. The molecule has 39 heavy (non-hydrogen) atoms.